The Balaban J connectivity index is 4.91. The van der Waals surface area contributed by atoms with Crippen LogP contribution in [-0.2, 0) is 14.2 Å². The minimum absolute atomic E-state index is 0.248. The number of hydrogen-bond acceptors (Lipinski definition) is 6. The lowest BCUT2D eigenvalue weighted by Crippen LogP contribution is -2.17. The lowest BCUT2D eigenvalue weighted by molar-refractivity contribution is 0.0447. The molecule has 0 saturated carbocycles. The molecular weight excluding hydrogens is 673 g/mol. The van der Waals surface area contributed by atoms with Crippen LogP contribution >= 0.6 is 0 Å². The van der Waals surface area contributed by atoms with E-state index in [0.717, 1.165) is 0 Å². The second kappa shape index (κ2) is 37.5. The number of esters is 3. The zero-order valence-electron chi connectivity index (χ0n) is 108. The second-order valence-corrected chi connectivity index (χ2v) is 7.36. The quantitative estimate of drug-likeness (QED) is 0.0485. The molecule has 0 N–H and O–H groups in total. The first-order chi connectivity index (χ1) is 57.0. The Labute approximate surface area is 446 Å². The van der Waals surface area contributed by atoms with Crippen LogP contribution in [0.3, 0.4) is 0 Å². The molecule has 0 aromatic heterocycles. The van der Waals surface area contributed by atoms with Crippen molar-refractivity contribution in [1.29, 1.82) is 0 Å². The molecule has 6 nitrogen and oxygen atoms in total. The Bertz CT molecular complexity index is 4500. The van der Waals surface area contributed by atoms with Gasteiger partial charge in [0.1, 0.15) is 0 Å². The van der Waals surface area contributed by atoms with Crippen LogP contribution in [0.4, 0.5) is 0 Å². The van der Waals surface area contributed by atoms with Crippen LogP contribution in [-0.4, -0.2) is 37.6 Å². The number of hydrogen-bond donors (Lipinski definition) is 0. The number of carbonyl (C=O) groups is 3. The standard InChI is InChI=1S/C48H84O6/c1-4-7-10-13-16-19-22-25-28-31-34-39-52-46(49)43-37-38-44(47(50)53-40-35-32-29-26-23-20-17-14-11-8-5-2)45(42-43)48(51)54-41-36-33-30-27-24-21-18-15-12-9-6-3/h37-38,42H,4-36,39-41H2,1-3H3/i1D3,2D3,3D3,4D2,5D2,6D2,7D2,8D2,9D2,10D2,11D2,12D2,13D2,14D2,15D2,16D2,17D2,18D2,19D2,20D2,21D2,22D2,23D2,24D2,25D2,26D2,27D2,28D2,29D2,30D2,31D2,32D2,33D2,34D2,35D2,36D2,39D2,40D2,41D2. The van der Waals surface area contributed by atoms with Crippen LogP contribution in [0.15, 0.2) is 18.2 Å². The van der Waals surface area contributed by atoms with Crippen molar-refractivity contribution in [2.24, 2.45) is 0 Å². The average molecular weight is 839 g/mol. The maximum atomic E-state index is 14.7. The van der Waals surface area contributed by atoms with Crippen LogP contribution in [0.25, 0.3) is 0 Å². The van der Waals surface area contributed by atoms with Gasteiger partial charge in [0.05, 0.1) is 44.6 Å². The van der Waals surface area contributed by atoms with Crippen molar-refractivity contribution in [3.8, 4) is 0 Å². The number of ether oxygens (including phenoxy) is 3. The first kappa shape index (κ1) is 7.52. The zero-order valence-corrected chi connectivity index (χ0v) is 26.7. The molecule has 0 spiro atoms. The van der Waals surface area contributed by atoms with E-state index < -0.39 is 297 Å². The van der Waals surface area contributed by atoms with Crippen LogP contribution in [0.2, 0.25) is 0 Å². The zero-order chi connectivity index (χ0) is 111. The molecule has 0 unspecified atom stereocenters. The third-order valence-electron chi connectivity index (χ3n) is 4.15. The third-order valence-corrected chi connectivity index (χ3v) is 4.15. The summed E-state index contributed by atoms with van der Waals surface area (Å²) in [5.41, 5.74) is -6.71. The molecule has 0 fully saturated rings. The van der Waals surface area contributed by atoms with Crippen molar-refractivity contribution in [2.45, 2.75) is 231 Å². The molecule has 0 aliphatic carbocycles. The number of rotatable bonds is 39. The van der Waals surface area contributed by atoms with Gasteiger partial charge in [-0.1, -0.05) is 212 Å². The Kier molecular flexibility index (Phi) is 5.23. The smallest absolute Gasteiger partial charge is 0.339 e. The first-order valence-electron chi connectivity index (χ1n) is 53.8. The minimum Gasteiger partial charge on any atom is -0.462 e. The van der Waals surface area contributed by atoms with Crippen LogP contribution in [0.5, 0.6) is 0 Å². The minimum atomic E-state index is -5.66. The van der Waals surface area contributed by atoms with Gasteiger partial charge in [0.15, 0.2) is 0 Å². The van der Waals surface area contributed by atoms with Crippen molar-refractivity contribution in [2.75, 3.05) is 19.7 Å². The van der Waals surface area contributed by atoms with E-state index in [0.29, 0.717) is 0 Å². The summed E-state index contributed by atoms with van der Waals surface area (Å²) in [6.07, 6.45) is -177. The maximum Gasteiger partial charge on any atom is 0.339 e. The average Bonchev–Trinajstić information content (AvgIpc) is 0.682. The summed E-state index contributed by atoms with van der Waals surface area (Å²) < 4.78 is 681. The van der Waals surface area contributed by atoms with Crippen LogP contribution in [0, 0.1) is 0 Å². The first-order valence-corrected chi connectivity index (χ1v) is 13.3. The molecule has 312 valence electrons. The van der Waals surface area contributed by atoms with E-state index in [9.17, 15) is 14.4 Å². The summed E-state index contributed by atoms with van der Waals surface area (Å²) in [7, 11) is 0. The highest BCUT2D eigenvalue weighted by molar-refractivity contribution is 6.05. The van der Waals surface area contributed by atoms with E-state index in [1.807, 2.05) is 0 Å². The van der Waals surface area contributed by atoms with Crippen molar-refractivity contribution in [1.82, 2.24) is 0 Å². The normalized spacial score (nSPS) is 43.7. The van der Waals surface area contributed by atoms with Gasteiger partial charge in [-0.25, -0.2) is 14.4 Å². The van der Waals surface area contributed by atoms with Gasteiger partial charge in [0.2, 0.25) is 0 Å². The van der Waals surface area contributed by atoms with E-state index in [-0.39, 0.29) is 6.07 Å². The van der Waals surface area contributed by atoms with E-state index in [1.165, 1.54) is 0 Å². The van der Waals surface area contributed by atoms with Crippen molar-refractivity contribution < 1.29 is 140 Å². The molecule has 0 aliphatic rings. The van der Waals surface area contributed by atoms with Gasteiger partial charge in [-0.2, -0.15) is 0 Å². The molecule has 0 bridgehead atoms. The molecular formula is C48H84O6. The number of carbonyl (C=O) groups excluding carboxylic acids is 3. The lowest BCUT2D eigenvalue weighted by Gasteiger charge is -2.12. The van der Waals surface area contributed by atoms with Gasteiger partial charge < -0.3 is 14.2 Å². The highest BCUT2D eigenvalue weighted by Gasteiger charge is 2.22. The van der Waals surface area contributed by atoms with E-state index >= 15 is 0 Å². The van der Waals surface area contributed by atoms with E-state index in [2.05, 4.69) is 14.2 Å². The van der Waals surface area contributed by atoms with Crippen molar-refractivity contribution in [3.05, 3.63) is 34.9 Å². The Hall–Kier alpha value is -2.37. The fourth-order valence-corrected chi connectivity index (χ4v) is 2.32. The van der Waals surface area contributed by atoms with Gasteiger partial charge >= 0.3 is 17.9 Å². The van der Waals surface area contributed by atoms with Gasteiger partial charge in [-0.05, 0) is 37.3 Å². The fourth-order valence-electron chi connectivity index (χ4n) is 2.32. The van der Waals surface area contributed by atoms with Crippen LogP contribution in [0.1, 0.15) is 373 Å². The topological polar surface area (TPSA) is 78.9 Å². The van der Waals surface area contributed by atoms with Crippen molar-refractivity contribution >= 4 is 17.9 Å². The highest BCUT2D eigenvalue weighted by atomic mass is 16.5. The summed E-state index contributed by atoms with van der Waals surface area (Å²) in [6, 6.07) is -1.24. The molecule has 0 heterocycles. The molecule has 0 amide bonds. The maximum absolute atomic E-state index is 14.7. The SMILES string of the molecule is [2H]C([2H])([2H])C([2H])([2H])C([2H])([2H])C([2H])([2H])C([2H])([2H])C([2H])([2H])C([2H])([2H])C([2H])([2H])C([2H])([2H])C([2H])([2H])C([2H])([2H])C([2H])([2H])C([2H])([2H])OC(=O)c1ccc(C(=O)OC([2H])([2H])C([2H])([2H])C([2H])([2H])C([2H])([2H])C([2H])([2H])C([2H])([2H])C([2H])([2H])C([2H])([2H])C([2H])([2H])C([2H])([2H])C([2H])([2H])C([2H])([2H])C([2H])([2H])[2H])c(C(=O)OC([2H])([2H])C([2H])([2H])C([2H])([2H])C([2H])([2H])C([2H])([2H])C([2H])([2H])C([2H])([2H])C([2H])([2H])C([2H])([2H])C([2H])([2H])C([2H])([2H])C([2H])([2H])C([2H])([2H])[2H])c1. The molecule has 0 atom stereocenters. The Morgan fingerprint density at radius 3 is 1.00 bits per heavy atom. The van der Waals surface area contributed by atoms with E-state index in [1.54, 1.807) is 0 Å². The number of benzene rings is 1. The Morgan fingerprint density at radius 2 is 0.667 bits per heavy atom. The molecule has 0 saturated heterocycles. The second-order valence-electron chi connectivity index (χ2n) is 7.36. The summed E-state index contributed by atoms with van der Waals surface area (Å²) in [5.74, 6) is -9.20. The lowest BCUT2D eigenvalue weighted by atomic mass is 10.0. The predicted octanol–water partition coefficient (Wildman–Crippen LogP) is 15.1. The molecule has 1 aromatic carbocycles. The Morgan fingerprint density at radius 1 is 0.389 bits per heavy atom. The molecule has 1 aromatic rings. The summed E-state index contributed by atoms with van der Waals surface area (Å²) in [5, 5.41) is 0. The summed E-state index contributed by atoms with van der Waals surface area (Å²) in [4.78, 5) is 43.5. The fraction of sp³-hybridized carbons (Fsp3) is 0.812. The van der Waals surface area contributed by atoms with Gasteiger partial charge in [-0.3, -0.25) is 0 Å². The van der Waals surface area contributed by atoms with Gasteiger partial charge in [-0.15, -0.1) is 0 Å². The van der Waals surface area contributed by atoms with E-state index in [4.69, 9.17) is 111 Å². The van der Waals surface area contributed by atoms with Gasteiger partial charge in [0.25, 0.3) is 0 Å². The molecule has 1 rings (SSSR count). The largest absolute Gasteiger partial charge is 0.462 e. The summed E-state index contributed by atoms with van der Waals surface area (Å²) in [6.45, 7) is -29.3. The molecule has 0 aliphatic heterocycles. The molecule has 0 radical (unpaired) electrons. The molecule has 6 heteroatoms. The highest BCUT2D eigenvalue weighted by Crippen LogP contribution is 2.19. The van der Waals surface area contributed by atoms with Crippen LogP contribution < -0.4 is 0 Å². The monoisotopic (exact) mass is 838 g/mol. The summed E-state index contributed by atoms with van der Waals surface area (Å²) >= 11 is 0. The predicted molar refractivity (Wildman–Crippen MR) is 227 cm³/mol. The third kappa shape index (κ3) is 28.1. The molecule has 54 heavy (non-hydrogen) atoms. The van der Waals surface area contributed by atoms with Crippen molar-refractivity contribution in [3.63, 3.8) is 0 Å². The van der Waals surface area contributed by atoms with Gasteiger partial charge in [0, 0.05) is 103 Å².